The molecule has 2 N–H and O–H groups in total. The van der Waals surface area contributed by atoms with Crippen molar-refractivity contribution in [2.75, 3.05) is 11.4 Å². The average Bonchev–Trinajstić information content (AvgIpc) is 2.75. The van der Waals surface area contributed by atoms with E-state index in [-0.39, 0.29) is 5.54 Å². The molecule has 3 heteroatoms. The summed E-state index contributed by atoms with van der Waals surface area (Å²) in [5.41, 5.74) is 8.86. The van der Waals surface area contributed by atoms with Gasteiger partial charge >= 0.3 is 0 Å². The van der Waals surface area contributed by atoms with Crippen molar-refractivity contribution in [3.63, 3.8) is 0 Å². The van der Waals surface area contributed by atoms with Crippen molar-refractivity contribution in [1.29, 1.82) is 0 Å². The van der Waals surface area contributed by atoms with Gasteiger partial charge in [0.15, 0.2) is 5.96 Å². The molecule has 1 saturated carbocycles. The second kappa shape index (κ2) is 4.80. The van der Waals surface area contributed by atoms with E-state index in [0.29, 0.717) is 11.9 Å². The minimum absolute atomic E-state index is 0.0911. The molecule has 0 amide bonds. The van der Waals surface area contributed by atoms with Crippen molar-refractivity contribution in [2.45, 2.75) is 45.6 Å². The zero-order valence-corrected chi connectivity index (χ0v) is 12.8. The second-order valence-electron chi connectivity index (χ2n) is 6.56. The Morgan fingerprint density at radius 2 is 2.05 bits per heavy atom. The van der Waals surface area contributed by atoms with Gasteiger partial charge in [-0.2, -0.15) is 0 Å². The molecule has 108 valence electrons. The molecule has 0 bridgehead atoms. The lowest BCUT2D eigenvalue weighted by Crippen LogP contribution is -2.59. The van der Waals surface area contributed by atoms with Crippen LogP contribution in [0.2, 0.25) is 0 Å². The lowest BCUT2D eigenvalue weighted by atomic mass is 9.67. The maximum atomic E-state index is 6.27. The Bertz CT molecular complexity index is 537. The van der Waals surface area contributed by atoms with Crippen molar-refractivity contribution in [3.05, 3.63) is 29.8 Å². The first-order valence-corrected chi connectivity index (χ1v) is 7.72. The van der Waals surface area contributed by atoms with Crippen LogP contribution in [-0.2, 0) is 0 Å². The summed E-state index contributed by atoms with van der Waals surface area (Å²) in [4.78, 5) is 6.95. The highest BCUT2D eigenvalue weighted by Crippen LogP contribution is 2.46. The maximum Gasteiger partial charge on any atom is 0.196 e. The van der Waals surface area contributed by atoms with Crippen molar-refractivity contribution in [3.8, 4) is 0 Å². The number of nitrogens with two attached hydrogens (primary N) is 1. The molecule has 1 spiro atoms. The first-order chi connectivity index (χ1) is 9.56. The smallest absolute Gasteiger partial charge is 0.196 e. The first kappa shape index (κ1) is 13.5. The van der Waals surface area contributed by atoms with Gasteiger partial charge in [-0.1, -0.05) is 44.9 Å². The number of aliphatic imine (C=N–C) groups is 1. The molecular formula is C17H25N3. The van der Waals surface area contributed by atoms with Gasteiger partial charge in [0.2, 0.25) is 0 Å². The fraction of sp³-hybridized carbons (Fsp3) is 0.588. The molecule has 1 fully saturated rings. The van der Waals surface area contributed by atoms with Crippen LogP contribution in [0.4, 0.5) is 5.69 Å². The third-order valence-corrected chi connectivity index (χ3v) is 5.52. The lowest BCUT2D eigenvalue weighted by Gasteiger charge is -2.49. The van der Waals surface area contributed by atoms with E-state index < -0.39 is 0 Å². The Kier molecular flexibility index (Phi) is 3.23. The summed E-state index contributed by atoms with van der Waals surface area (Å²) in [6, 6.07) is 8.52. The molecule has 1 aliphatic heterocycles. The summed E-state index contributed by atoms with van der Waals surface area (Å²) >= 11 is 0. The summed E-state index contributed by atoms with van der Waals surface area (Å²) in [6.07, 6.45) is 3.79. The molecule has 1 aromatic carbocycles. The Hall–Kier alpha value is -1.51. The number of benzene rings is 1. The monoisotopic (exact) mass is 271 g/mol. The molecule has 0 aromatic heterocycles. The van der Waals surface area contributed by atoms with E-state index in [2.05, 4.69) is 54.9 Å². The zero-order chi connectivity index (χ0) is 14.3. The van der Waals surface area contributed by atoms with E-state index in [1.165, 1.54) is 30.5 Å². The van der Waals surface area contributed by atoms with Gasteiger partial charge in [0.05, 0.1) is 12.1 Å². The van der Waals surface area contributed by atoms with Crippen LogP contribution in [-0.4, -0.2) is 18.0 Å². The van der Waals surface area contributed by atoms with Crippen molar-refractivity contribution in [1.82, 2.24) is 0 Å². The number of anilines is 1. The minimum atomic E-state index is 0.0911. The van der Waals surface area contributed by atoms with E-state index >= 15 is 0 Å². The van der Waals surface area contributed by atoms with Gasteiger partial charge in [0, 0.05) is 5.69 Å². The number of hydrogen-bond acceptors (Lipinski definition) is 3. The fourth-order valence-corrected chi connectivity index (χ4v) is 4.04. The molecule has 3 nitrogen and oxygen atoms in total. The summed E-state index contributed by atoms with van der Waals surface area (Å²) in [5.74, 6) is 2.04. The van der Waals surface area contributed by atoms with Crippen LogP contribution < -0.4 is 10.6 Å². The Labute approximate surface area is 121 Å². The SMILES string of the molecule is Cc1ccccc1N1C(N)=NCC12CCCC(C)C2C. The molecule has 1 aromatic rings. The molecule has 20 heavy (non-hydrogen) atoms. The van der Waals surface area contributed by atoms with E-state index in [9.17, 15) is 0 Å². The Morgan fingerprint density at radius 1 is 1.30 bits per heavy atom. The summed E-state index contributed by atoms with van der Waals surface area (Å²) in [5, 5.41) is 0. The fourth-order valence-electron chi connectivity index (χ4n) is 4.04. The highest BCUT2D eigenvalue weighted by atomic mass is 15.4. The van der Waals surface area contributed by atoms with Crippen LogP contribution in [0.5, 0.6) is 0 Å². The van der Waals surface area contributed by atoms with Gasteiger partial charge in [0.1, 0.15) is 0 Å². The normalized spacial score (nSPS) is 33.5. The quantitative estimate of drug-likeness (QED) is 0.851. The number of rotatable bonds is 1. The molecule has 3 atom stereocenters. The van der Waals surface area contributed by atoms with Gasteiger partial charge in [0.25, 0.3) is 0 Å². The lowest BCUT2D eigenvalue weighted by molar-refractivity contribution is 0.159. The summed E-state index contributed by atoms with van der Waals surface area (Å²) < 4.78 is 0. The first-order valence-electron chi connectivity index (χ1n) is 7.72. The van der Waals surface area contributed by atoms with Gasteiger partial charge in [-0.15, -0.1) is 0 Å². The van der Waals surface area contributed by atoms with Gasteiger partial charge < -0.3 is 10.6 Å². The highest BCUT2D eigenvalue weighted by Gasteiger charge is 2.50. The van der Waals surface area contributed by atoms with Crippen molar-refractivity contribution >= 4 is 11.6 Å². The van der Waals surface area contributed by atoms with Gasteiger partial charge in [-0.05, 0) is 36.8 Å². The third kappa shape index (κ3) is 1.83. The summed E-state index contributed by atoms with van der Waals surface area (Å²) in [6.45, 7) is 7.75. The number of para-hydroxylation sites is 1. The van der Waals surface area contributed by atoms with Gasteiger partial charge in [-0.3, -0.25) is 4.99 Å². The Morgan fingerprint density at radius 3 is 2.80 bits per heavy atom. The molecule has 2 aliphatic rings. The number of guanidine groups is 1. The molecular weight excluding hydrogens is 246 g/mol. The minimum Gasteiger partial charge on any atom is -0.369 e. The molecule has 0 saturated heterocycles. The topological polar surface area (TPSA) is 41.6 Å². The summed E-state index contributed by atoms with van der Waals surface area (Å²) in [7, 11) is 0. The van der Waals surface area contributed by atoms with E-state index in [1.807, 2.05) is 0 Å². The maximum absolute atomic E-state index is 6.27. The molecule has 1 aliphatic carbocycles. The molecule has 3 rings (SSSR count). The largest absolute Gasteiger partial charge is 0.369 e. The van der Waals surface area contributed by atoms with Crippen LogP contribution in [0.25, 0.3) is 0 Å². The van der Waals surface area contributed by atoms with Gasteiger partial charge in [-0.25, -0.2) is 0 Å². The highest BCUT2D eigenvalue weighted by molar-refractivity contribution is 5.99. The molecule has 1 heterocycles. The molecule has 0 radical (unpaired) electrons. The second-order valence-corrected chi connectivity index (χ2v) is 6.56. The standard InChI is InChI=1S/C17H25N3/c1-12-8-6-10-17(14(12)3)11-19-16(18)20(17)15-9-5-4-7-13(15)2/h4-5,7,9,12,14H,6,8,10-11H2,1-3H3,(H2,18,19). The van der Waals surface area contributed by atoms with Crippen LogP contribution >= 0.6 is 0 Å². The van der Waals surface area contributed by atoms with E-state index in [1.54, 1.807) is 0 Å². The van der Waals surface area contributed by atoms with Crippen LogP contribution in [0.15, 0.2) is 29.3 Å². The Balaban J connectivity index is 2.06. The predicted octanol–water partition coefficient (Wildman–Crippen LogP) is 3.32. The zero-order valence-electron chi connectivity index (χ0n) is 12.8. The number of nitrogens with zero attached hydrogens (tertiary/aromatic N) is 2. The predicted molar refractivity (Wildman–Crippen MR) is 85.1 cm³/mol. The van der Waals surface area contributed by atoms with Crippen molar-refractivity contribution in [2.24, 2.45) is 22.6 Å². The van der Waals surface area contributed by atoms with E-state index in [0.717, 1.165) is 12.5 Å². The average molecular weight is 271 g/mol. The molecule has 3 unspecified atom stereocenters. The van der Waals surface area contributed by atoms with Crippen LogP contribution in [0.1, 0.15) is 38.7 Å². The van der Waals surface area contributed by atoms with Crippen molar-refractivity contribution < 1.29 is 0 Å². The van der Waals surface area contributed by atoms with E-state index in [4.69, 9.17) is 5.73 Å². The van der Waals surface area contributed by atoms with Crippen LogP contribution in [0.3, 0.4) is 0 Å². The van der Waals surface area contributed by atoms with Crippen LogP contribution in [0, 0.1) is 18.8 Å². The third-order valence-electron chi connectivity index (χ3n) is 5.52. The number of hydrogen-bond donors (Lipinski definition) is 1. The number of aryl methyl sites for hydroxylation is 1.